The van der Waals surface area contributed by atoms with Crippen molar-refractivity contribution in [3.05, 3.63) is 59.2 Å². The van der Waals surface area contributed by atoms with E-state index in [0.717, 1.165) is 5.69 Å². The minimum Gasteiger partial charge on any atom is -0.408 e. The number of pyridine rings is 1. The highest BCUT2D eigenvalue weighted by Crippen LogP contribution is 2.22. The number of nitrogens with one attached hydrogen (secondary N) is 1. The maximum atomic E-state index is 13.9. The zero-order valence-electron chi connectivity index (χ0n) is 17.0. The summed E-state index contributed by atoms with van der Waals surface area (Å²) in [5.41, 5.74) is 2.02. The van der Waals surface area contributed by atoms with E-state index in [0.29, 0.717) is 43.1 Å². The van der Waals surface area contributed by atoms with Crippen molar-refractivity contribution < 1.29 is 13.9 Å². The van der Waals surface area contributed by atoms with Crippen LogP contribution in [0.4, 0.5) is 9.18 Å². The summed E-state index contributed by atoms with van der Waals surface area (Å²) >= 11 is 0. The third-order valence-corrected chi connectivity index (χ3v) is 5.02. The van der Waals surface area contributed by atoms with Crippen LogP contribution in [0.25, 0.3) is 0 Å². The lowest BCUT2D eigenvalue weighted by atomic mass is 9.92. The van der Waals surface area contributed by atoms with Crippen LogP contribution in [-0.4, -0.2) is 40.6 Å². The molecule has 154 valence electrons. The number of carbonyl (C=O) groups is 1. The molecule has 30 heavy (non-hydrogen) atoms. The number of hydrogen-bond donors (Lipinski definition) is 1. The van der Waals surface area contributed by atoms with Crippen molar-refractivity contribution in [1.29, 1.82) is 5.41 Å². The third-order valence-electron chi connectivity index (χ3n) is 5.02. The number of piperidine rings is 1. The molecule has 0 atom stereocenters. The average molecular weight is 406 g/mol. The standard InChI is InChI=1S/C23H23FN4O2/c1-4-20(27-22(25)18-7-5-6-8-19(18)24)17-11-13-28(14-12-17)23(29)30-21-10-9-15(2)26-16(21)3/h1,5-10,17,25H,11-14H2,2-3H3. The van der Waals surface area contributed by atoms with Gasteiger partial charge >= 0.3 is 6.09 Å². The van der Waals surface area contributed by atoms with Gasteiger partial charge in [-0.05, 0) is 51.0 Å². The van der Waals surface area contributed by atoms with Gasteiger partial charge in [-0.25, -0.2) is 14.2 Å². The molecule has 3 rings (SSSR count). The summed E-state index contributed by atoms with van der Waals surface area (Å²) in [6, 6.07) is 9.51. The van der Waals surface area contributed by atoms with E-state index < -0.39 is 11.9 Å². The minimum atomic E-state index is -0.513. The first-order chi connectivity index (χ1) is 14.4. The van der Waals surface area contributed by atoms with Gasteiger partial charge in [0.15, 0.2) is 11.6 Å². The van der Waals surface area contributed by atoms with Gasteiger partial charge in [-0.3, -0.25) is 10.4 Å². The molecule has 0 radical (unpaired) electrons. The molecular formula is C23H23FN4O2. The normalized spacial score (nSPS) is 14.9. The fourth-order valence-corrected chi connectivity index (χ4v) is 3.35. The fraction of sp³-hybridized carbons (Fsp3) is 0.304. The molecule has 1 N–H and O–H groups in total. The Labute approximate surface area is 175 Å². The Morgan fingerprint density at radius 2 is 1.97 bits per heavy atom. The predicted octanol–water partition coefficient (Wildman–Crippen LogP) is 4.15. The van der Waals surface area contributed by atoms with Crippen LogP contribution >= 0.6 is 0 Å². The second-order valence-corrected chi connectivity index (χ2v) is 7.14. The highest BCUT2D eigenvalue weighted by atomic mass is 19.1. The molecule has 2 aromatic rings. The van der Waals surface area contributed by atoms with E-state index in [4.69, 9.17) is 16.6 Å². The average Bonchev–Trinajstić information content (AvgIpc) is 2.74. The molecule has 1 aromatic heterocycles. The summed E-state index contributed by atoms with van der Waals surface area (Å²) in [4.78, 5) is 22.6. The largest absolute Gasteiger partial charge is 0.415 e. The third kappa shape index (κ3) is 4.90. The maximum absolute atomic E-state index is 13.9. The molecule has 1 saturated heterocycles. The number of halogens is 1. The van der Waals surface area contributed by atoms with Crippen molar-refractivity contribution in [3.8, 4) is 18.1 Å². The number of rotatable bonds is 3. The summed E-state index contributed by atoms with van der Waals surface area (Å²) in [5, 5.41) is 8.08. The molecule has 0 bridgehead atoms. The second-order valence-electron chi connectivity index (χ2n) is 7.14. The number of benzene rings is 1. The van der Waals surface area contributed by atoms with Gasteiger partial charge in [-0.1, -0.05) is 18.1 Å². The number of ether oxygens (including phenoxy) is 1. The molecule has 7 heteroatoms. The Bertz CT molecular complexity index is 1030. The maximum Gasteiger partial charge on any atom is 0.415 e. The lowest BCUT2D eigenvalue weighted by Gasteiger charge is -2.30. The van der Waals surface area contributed by atoms with E-state index in [-0.39, 0.29) is 17.3 Å². The molecule has 1 aliphatic rings. The van der Waals surface area contributed by atoms with Crippen molar-refractivity contribution in [2.75, 3.05) is 13.1 Å². The van der Waals surface area contributed by atoms with Crippen molar-refractivity contribution >= 4 is 17.6 Å². The number of aliphatic imine (C=N–C) groups is 1. The summed E-state index contributed by atoms with van der Waals surface area (Å²) < 4.78 is 19.4. The fourth-order valence-electron chi connectivity index (χ4n) is 3.35. The van der Waals surface area contributed by atoms with Crippen molar-refractivity contribution in [1.82, 2.24) is 9.88 Å². The molecule has 1 aromatic carbocycles. The van der Waals surface area contributed by atoms with Crippen LogP contribution < -0.4 is 4.74 Å². The predicted molar refractivity (Wildman–Crippen MR) is 114 cm³/mol. The van der Waals surface area contributed by atoms with E-state index >= 15 is 0 Å². The van der Waals surface area contributed by atoms with E-state index in [1.165, 1.54) is 12.1 Å². The number of amidine groups is 1. The van der Waals surface area contributed by atoms with Crippen LogP contribution in [-0.2, 0) is 0 Å². The number of aromatic nitrogens is 1. The van der Waals surface area contributed by atoms with Crippen molar-refractivity contribution in [2.45, 2.75) is 26.7 Å². The van der Waals surface area contributed by atoms with Gasteiger partial charge in [-0.2, -0.15) is 0 Å². The first-order valence-electron chi connectivity index (χ1n) is 9.68. The molecular weight excluding hydrogens is 383 g/mol. The molecule has 0 spiro atoms. The molecule has 0 aliphatic carbocycles. The zero-order chi connectivity index (χ0) is 21.7. The summed E-state index contributed by atoms with van der Waals surface area (Å²) in [6.45, 7) is 4.58. The minimum absolute atomic E-state index is 0.0750. The summed E-state index contributed by atoms with van der Waals surface area (Å²) in [6.07, 6.45) is 6.36. The Morgan fingerprint density at radius 3 is 2.60 bits per heavy atom. The number of carbonyl (C=O) groups excluding carboxylic acids is 1. The van der Waals surface area contributed by atoms with Crippen LogP contribution in [0, 0.1) is 43.3 Å². The molecule has 1 amide bonds. The SMILES string of the molecule is C#CC(=NC(=N)c1ccccc1F)C1CCN(C(=O)Oc2ccc(C)nc2C)CC1. The van der Waals surface area contributed by atoms with Gasteiger partial charge in [0.1, 0.15) is 5.82 Å². The van der Waals surface area contributed by atoms with E-state index in [1.54, 1.807) is 36.1 Å². The Balaban J connectivity index is 1.62. The quantitative estimate of drug-likeness (QED) is 0.473. The molecule has 0 saturated carbocycles. The number of hydrogen-bond acceptors (Lipinski definition) is 4. The van der Waals surface area contributed by atoms with Crippen LogP contribution in [0.15, 0.2) is 41.4 Å². The number of aryl methyl sites for hydroxylation is 2. The van der Waals surface area contributed by atoms with Crippen LogP contribution in [0.1, 0.15) is 29.8 Å². The van der Waals surface area contributed by atoms with Gasteiger partial charge in [0, 0.05) is 24.7 Å². The van der Waals surface area contributed by atoms with Gasteiger partial charge in [0.05, 0.1) is 17.0 Å². The Morgan fingerprint density at radius 1 is 1.27 bits per heavy atom. The molecule has 0 unspecified atom stereocenters. The first kappa shape index (κ1) is 21.2. The lowest BCUT2D eigenvalue weighted by molar-refractivity contribution is 0.137. The monoisotopic (exact) mass is 406 g/mol. The van der Waals surface area contributed by atoms with Gasteiger partial charge in [0.2, 0.25) is 0 Å². The Kier molecular flexibility index (Phi) is 6.58. The van der Waals surface area contributed by atoms with E-state index in [1.807, 2.05) is 6.92 Å². The van der Waals surface area contributed by atoms with Gasteiger partial charge < -0.3 is 9.64 Å². The number of nitrogens with zero attached hydrogens (tertiary/aromatic N) is 3. The highest BCUT2D eigenvalue weighted by Gasteiger charge is 2.27. The molecule has 6 nitrogen and oxygen atoms in total. The smallest absolute Gasteiger partial charge is 0.408 e. The van der Waals surface area contributed by atoms with Crippen LogP contribution in [0.2, 0.25) is 0 Å². The number of terminal acetylenes is 1. The van der Waals surface area contributed by atoms with Gasteiger partial charge in [0.25, 0.3) is 0 Å². The zero-order valence-corrected chi connectivity index (χ0v) is 17.0. The molecule has 2 heterocycles. The van der Waals surface area contributed by atoms with Crippen molar-refractivity contribution in [3.63, 3.8) is 0 Å². The summed E-state index contributed by atoms with van der Waals surface area (Å²) in [5.74, 6) is 2.18. The molecule has 1 aliphatic heterocycles. The summed E-state index contributed by atoms with van der Waals surface area (Å²) in [7, 11) is 0. The van der Waals surface area contributed by atoms with E-state index in [9.17, 15) is 9.18 Å². The van der Waals surface area contributed by atoms with E-state index in [2.05, 4.69) is 15.9 Å². The molecule has 1 fully saturated rings. The number of amides is 1. The Hall–Kier alpha value is -3.53. The lowest BCUT2D eigenvalue weighted by Crippen LogP contribution is -2.41. The number of likely N-dealkylation sites (tertiary alicyclic amines) is 1. The van der Waals surface area contributed by atoms with Crippen LogP contribution in [0.5, 0.6) is 5.75 Å². The van der Waals surface area contributed by atoms with Crippen molar-refractivity contribution in [2.24, 2.45) is 10.9 Å². The topological polar surface area (TPSA) is 78.6 Å². The highest BCUT2D eigenvalue weighted by molar-refractivity contribution is 6.12. The van der Waals surface area contributed by atoms with Crippen LogP contribution in [0.3, 0.4) is 0 Å². The first-order valence-corrected chi connectivity index (χ1v) is 9.68. The van der Waals surface area contributed by atoms with Gasteiger partial charge in [-0.15, -0.1) is 6.42 Å². The second kappa shape index (κ2) is 9.31.